The molecule has 2 heterocycles. The molecule has 0 bridgehead atoms. The fraction of sp³-hybridized carbons (Fsp3) is 0.333. The van der Waals surface area contributed by atoms with E-state index in [9.17, 15) is 45.0 Å². The first-order valence-corrected chi connectivity index (χ1v) is 15.8. The Bertz CT molecular complexity index is 1780. The van der Waals surface area contributed by atoms with E-state index >= 15 is 0 Å². The number of alkyl halides is 6. The molecule has 0 radical (unpaired) electrons. The number of aromatic amines is 1. The van der Waals surface area contributed by atoms with Crippen molar-refractivity contribution < 1.29 is 54.2 Å². The van der Waals surface area contributed by atoms with Gasteiger partial charge in [0.25, 0.3) is 0 Å². The summed E-state index contributed by atoms with van der Waals surface area (Å²) in [5, 5.41) is 3.94. The normalized spacial score (nSPS) is 19.6. The van der Waals surface area contributed by atoms with Crippen molar-refractivity contribution in [2.24, 2.45) is 0 Å². The van der Waals surface area contributed by atoms with E-state index < -0.39 is 66.7 Å². The van der Waals surface area contributed by atoms with E-state index in [1.165, 1.54) is 19.1 Å². The summed E-state index contributed by atoms with van der Waals surface area (Å²) in [4.78, 5) is 27.2. The molecule has 1 saturated heterocycles. The van der Waals surface area contributed by atoms with E-state index in [0.717, 1.165) is 12.1 Å². The molecule has 1 aromatic heterocycles. The number of hydrogen-bond donors (Lipinski definition) is 2. The summed E-state index contributed by atoms with van der Waals surface area (Å²) in [5.74, 6) is -0.681. The first-order chi connectivity index (χ1) is 22.5. The zero-order valence-corrected chi connectivity index (χ0v) is 25.8. The van der Waals surface area contributed by atoms with E-state index in [1.807, 2.05) is 0 Å². The first kappa shape index (κ1) is 35.4. The molecule has 18 heteroatoms. The Morgan fingerprint density at radius 2 is 1.65 bits per heavy atom. The third kappa shape index (κ3) is 8.40. The van der Waals surface area contributed by atoms with Crippen LogP contribution in [0.2, 0.25) is 0 Å². The summed E-state index contributed by atoms with van der Waals surface area (Å²) >= 11 is 0. The standard InChI is InChI=1S/C30H28F7N4O6P/c1-18(21-13-22(29(32,33)34)15-23(14-21)30(35,36)37)47-27-26(20-7-9-24(31)10-8-20)40(11-12-45-27)16-25-38-28(42)41(39-25)48(43,44)46-17-19-5-3-2-4-6-19/h2-10,13-15,18,26-27H,11-12,16-17H2,1H3,(H,43,44)(H,38,39,42)/t18-,26+,27?/m1/s1. The van der Waals surface area contributed by atoms with Crippen LogP contribution in [0.15, 0.2) is 77.6 Å². The number of aromatic nitrogens is 3. The van der Waals surface area contributed by atoms with Gasteiger partial charge in [-0.05, 0) is 53.9 Å². The van der Waals surface area contributed by atoms with E-state index in [1.54, 1.807) is 35.2 Å². The fourth-order valence-corrected chi connectivity index (χ4v) is 6.01. The molecule has 1 fully saturated rings. The molecule has 1 aliphatic heterocycles. The van der Waals surface area contributed by atoms with Gasteiger partial charge in [0.2, 0.25) is 0 Å². The molecule has 258 valence electrons. The number of morpholine rings is 1. The number of hydrogen-bond acceptors (Lipinski definition) is 7. The van der Waals surface area contributed by atoms with E-state index in [0.29, 0.717) is 23.3 Å². The quantitative estimate of drug-likeness (QED) is 0.140. The minimum atomic E-state index is -5.07. The predicted octanol–water partition coefficient (Wildman–Crippen LogP) is 6.59. The van der Waals surface area contributed by atoms with Gasteiger partial charge in [0.05, 0.1) is 43.0 Å². The smallest absolute Gasteiger partial charge is 0.349 e. The number of nitrogens with one attached hydrogen (secondary N) is 1. The van der Waals surface area contributed by atoms with Gasteiger partial charge >= 0.3 is 25.8 Å². The molecule has 2 N–H and O–H groups in total. The van der Waals surface area contributed by atoms with Gasteiger partial charge in [0, 0.05) is 6.54 Å². The second kappa shape index (κ2) is 13.9. The molecule has 5 rings (SSSR count). The summed E-state index contributed by atoms with van der Waals surface area (Å²) < 4.78 is 125. The third-order valence-corrected chi connectivity index (χ3v) is 8.64. The molecule has 1 aliphatic rings. The van der Waals surface area contributed by atoms with Gasteiger partial charge in [-0.15, -0.1) is 9.55 Å². The molecule has 3 aromatic carbocycles. The maximum Gasteiger partial charge on any atom is 0.457 e. The maximum absolute atomic E-state index is 13.9. The van der Waals surface area contributed by atoms with Crippen LogP contribution in [0.1, 0.15) is 52.7 Å². The first-order valence-electron chi connectivity index (χ1n) is 14.3. The van der Waals surface area contributed by atoms with Crippen LogP contribution in [0.5, 0.6) is 0 Å². The Morgan fingerprint density at radius 1 is 1.02 bits per heavy atom. The highest BCUT2D eigenvalue weighted by Gasteiger charge is 2.40. The van der Waals surface area contributed by atoms with Gasteiger partial charge in [0.1, 0.15) is 11.6 Å². The van der Waals surface area contributed by atoms with Gasteiger partial charge in [-0.25, -0.2) is 13.8 Å². The molecule has 2 unspecified atom stereocenters. The third-order valence-electron chi connectivity index (χ3n) is 7.42. The average molecular weight is 705 g/mol. The number of ether oxygens (including phenoxy) is 2. The minimum absolute atomic E-state index is 0.00819. The topological polar surface area (TPSA) is 119 Å². The predicted molar refractivity (Wildman–Crippen MR) is 155 cm³/mol. The van der Waals surface area contributed by atoms with Crippen molar-refractivity contribution in [3.63, 3.8) is 0 Å². The minimum Gasteiger partial charge on any atom is -0.349 e. The van der Waals surface area contributed by atoms with Crippen LogP contribution in [-0.4, -0.2) is 43.8 Å². The lowest BCUT2D eigenvalue weighted by Crippen LogP contribution is -2.46. The summed E-state index contributed by atoms with van der Waals surface area (Å²) in [5.41, 5.74) is -3.56. The van der Waals surface area contributed by atoms with E-state index in [-0.39, 0.29) is 42.6 Å². The molecule has 0 amide bonds. The zero-order valence-electron chi connectivity index (χ0n) is 24.9. The van der Waals surface area contributed by atoms with Crippen LogP contribution in [0.4, 0.5) is 30.7 Å². The largest absolute Gasteiger partial charge is 0.457 e. The SMILES string of the molecule is C[C@@H](OC1OCCN(Cc2nn(P(=O)(O)OCc3ccccc3)c(=O)[nH]2)[C@H]1c1ccc(F)cc1)c1cc(C(F)(F)F)cc(C(F)(F)F)c1. The second-order valence-electron chi connectivity index (χ2n) is 10.8. The van der Waals surface area contributed by atoms with Crippen LogP contribution < -0.4 is 5.69 Å². The number of rotatable bonds is 10. The molecule has 0 spiro atoms. The van der Waals surface area contributed by atoms with Crippen molar-refractivity contribution >= 4 is 7.75 Å². The van der Waals surface area contributed by atoms with Crippen molar-refractivity contribution in [3.05, 3.63) is 123 Å². The summed E-state index contributed by atoms with van der Waals surface area (Å²) in [6, 6.07) is 13.6. The number of nitrogens with zero attached hydrogens (tertiary/aromatic N) is 3. The fourth-order valence-electron chi connectivity index (χ4n) is 5.08. The van der Waals surface area contributed by atoms with Gasteiger partial charge in [-0.3, -0.25) is 14.4 Å². The maximum atomic E-state index is 13.9. The summed E-state index contributed by atoms with van der Waals surface area (Å²) in [6.45, 7) is 0.839. The Morgan fingerprint density at radius 3 is 2.25 bits per heavy atom. The molecule has 0 saturated carbocycles. The highest BCUT2D eigenvalue weighted by Crippen LogP contribution is 2.43. The molecule has 4 aromatic rings. The summed E-state index contributed by atoms with van der Waals surface area (Å²) in [7, 11) is -4.76. The molecule has 0 aliphatic carbocycles. The highest BCUT2D eigenvalue weighted by atomic mass is 31.2. The van der Waals surface area contributed by atoms with Gasteiger partial charge in [0.15, 0.2) is 6.29 Å². The highest BCUT2D eigenvalue weighted by molar-refractivity contribution is 7.50. The van der Waals surface area contributed by atoms with Crippen molar-refractivity contribution in [3.8, 4) is 0 Å². The van der Waals surface area contributed by atoms with Crippen LogP contribution >= 0.6 is 7.75 Å². The Labute approximate surface area is 268 Å². The van der Waals surface area contributed by atoms with Crippen LogP contribution in [0.25, 0.3) is 0 Å². The monoisotopic (exact) mass is 704 g/mol. The zero-order chi connectivity index (χ0) is 34.9. The Kier molecular flexibility index (Phi) is 10.3. The summed E-state index contributed by atoms with van der Waals surface area (Å²) in [6.07, 6.45) is -12.8. The lowest BCUT2D eigenvalue weighted by molar-refractivity contribution is -0.231. The lowest BCUT2D eigenvalue weighted by atomic mass is 10.0. The Balaban J connectivity index is 1.41. The van der Waals surface area contributed by atoms with Crippen LogP contribution in [0, 0.1) is 5.82 Å². The number of H-pyrrole nitrogens is 1. The lowest BCUT2D eigenvalue weighted by Gasteiger charge is -2.41. The van der Waals surface area contributed by atoms with Gasteiger partial charge < -0.3 is 14.4 Å². The van der Waals surface area contributed by atoms with Crippen LogP contribution in [0.3, 0.4) is 0 Å². The molecule has 4 atom stereocenters. The van der Waals surface area contributed by atoms with Crippen LogP contribution in [-0.2, 0) is 44.1 Å². The van der Waals surface area contributed by atoms with Crippen molar-refractivity contribution in [2.75, 3.05) is 13.2 Å². The average Bonchev–Trinajstić information content (AvgIpc) is 3.41. The van der Waals surface area contributed by atoms with E-state index in [2.05, 4.69) is 10.1 Å². The van der Waals surface area contributed by atoms with E-state index in [4.69, 9.17) is 14.0 Å². The Hall–Kier alpha value is -3.86. The van der Waals surface area contributed by atoms with Gasteiger partial charge in [-0.1, -0.05) is 42.5 Å². The molecular formula is C30H28F7N4O6P. The second-order valence-corrected chi connectivity index (χ2v) is 12.5. The van der Waals surface area contributed by atoms with Crippen molar-refractivity contribution in [2.45, 2.75) is 50.9 Å². The molecule has 10 nitrogen and oxygen atoms in total. The molecular weight excluding hydrogens is 676 g/mol. The molecule has 48 heavy (non-hydrogen) atoms. The number of halogens is 7. The van der Waals surface area contributed by atoms with Gasteiger partial charge in [-0.2, -0.15) is 26.3 Å². The van der Waals surface area contributed by atoms with Crippen molar-refractivity contribution in [1.82, 2.24) is 19.4 Å². The van der Waals surface area contributed by atoms with Crippen molar-refractivity contribution in [1.29, 1.82) is 0 Å². The number of benzene rings is 3.